The third kappa shape index (κ3) is 9.48. The molecule has 0 radical (unpaired) electrons. The lowest BCUT2D eigenvalue weighted by Gasteiger charge is -2.38. The molecule has 24 heavy (non-hydrogen) atoms. The Morgan fingerprint density at radius 2 is 1.38 bits per heavy atom. The first-order chi connectivity index (χ1) is 11.3. The molecule has 1 fully saturated rings. The van der Waals surface area contributed by atoms with Crippen LogP contribution in [0.3, 0.4) is 0 Å². The smallest absolute Gasteiger partial charge is 0.317 e. The highest BCUT2D eigenvalue weighted by atomic mass is 16.4. The van der Waals surface area contributed by atoms with Crippen molar-refractivity contribution in [2.75, 3.05) is 59.0 Å². The van der Waals surface area contributed by atoms with Gasteiger partial charge in [0.1, 0.15) is 6.23 Å². The molecule has 1 heterocycles. The number of carbonyl (C=O) groups is 1. The van der Waals surface area contributed by atoms with Gasteiger partial charge in [-0.1, -0.05) is 0 Å². The molecule has 1 aliphatic heterocycles. The van der Waals surface area contributed by atoms with E-state index in [4.69, 9.17) is 5.11 Å². The van der Waals surface area contributed by atoms with Gasteiger partial charge in [0.15, 0.2) is 0 Å². The Morgan fingerprint density at radius 3 is 1.88 bits per heavy atom. The van der Waals surface area contributed by atoms with Crippen LogP contribution in [0.2, 0.25) is 0 Å². The van der Waals surface area contributed by atoms with Gasteiger partial charge in [0.2, 0.25) is 0 Å². The van der Waals surface area contributed by atoms with Crippen molar-refractivity contribution >= 4 is 5.97 Å². The van der Waals surface area contributed by atoms with Crippen LogP contribution in [0.15, 0.2) is 0 Å². The van der Waals surface area contributed by atoms with Crippen LogP contribution in [0.1, 0.15) is 13.8 Å². The summed E-state index contributed by atoms with van der Waals surface area (Å²) in [7, 11) is 0. The lowest BCUT2D eigenvalue weighted by atomic mass is 10.3. The molecule has 5 N–H and O–H groups in total. The second-order valence-corrected chi connectivity index (χ2v) is 6.58. The van der Waals surface area contributed by atoms with E-state index in [9.17, 15) is 20.1 Å². The molecule has 0 bridgehead atoms. The maximum absolute atomic E-state index is 10.6. The van der Waals surface area contributed by atoms with Crippen LogP contribution >= 0.6 is 0 Å². The van der Waals surface area contributed by atoms with Crippen molar-refractivity contribution in [3.05, 3.63) is 0 Å². The lowest BCUT2D eigenvalue weighted by Crippen LogP contribution is -2.54. The summed E-state index contributed by atoms with van der Waals surface area (Å²) < 4.78 is 0. The topological polar surface area (TPSA) is 120 Å². The third-order valence-electron chi connectivity index (χ3n) is 3.83. The average molecular weight is 348 g/mol. The van der Waals surface area contributed by atoms with Gasteiger partial charge in [-0.15, -0.1) is 0 Å². The molecule has 1 saturated heterocycles. The van der Waals surface area contributed by atoms with Crippen LogP contribution in [0.5, 0.6) is 0 Å². The molecular weight excluding hydrogens is 316 g/mol. The third-order valence-corrected chi connectivity index (χ3v) is 3.83. The molecule has 0 spiro atoms. The molecule has 0 aromatic heterocycles. The molecule has 1 rings (SSSR count). The van der Waals surface area contributed by atoms with Gasteiger partial charge >= 0.3 is 5.97 Å². The Bertz CT molecular complexity index is 370. The molecule has 9 nitrogen and oxygen atoms in total. The number of nitrogens with zero attached hydrogens (tertiary/aromatic N) is 3. The van der Waals surface area contributed by atoms with E-state index in [-0.39, 0.29) is 6.54 Å². The Balaban J connectivity index is 2.60. The molecule has 0 saturated carbocycles. The molecule has 142 valence electrons. The van der Waals surface area contributed by atoms with Crippen LogP contribution in [0.4, 0.5) is 0 Å². The number of β-amino-alcohol motifs (C(OH)–C–C–N with tert-alkyl or cyclic N) is 3. The number of rotatable bonds is 9. The number of carboxylic acid groups (broad SMARTS) is 1. The SMILES string of the molecule is C[C@H](O)CN1CCN(CC(O)NCC(=O)O)CN(C[C@H](C)O)CC1. The van der Waals surface area contributed by atoms with E-state index >= 15 is 0 Å². The molecule has 3 atom stereocenters. The van der Waals surface area contributed by atoms with Crippen LogP contribution < -0.4 is 5.32 Å². The molecule has 0 aromatic carbocycles. The highest BCUT2D eigenvalue weighted by Gasteiger charge is 2.21. The van der Waals surface area contributed by atoms with Crippen LogP contribution in [0, 0.1) is 0 Å². The second kappa shape index (κ2) is 10.9. The monoisotopic (exact) mass is 348 g/mol. The predicted molar refractivity (Wildman–Crippen MR) is 89.5 cm³/mol. The summed E-state index contributed by atoms with van der Waals surface area (Å²) in [6.45, 7) is 8.22. The fourth-order valence-corrected chi connectivity index (χ4v) is 2.84. The maximum Gasteiger partial charge on any atom is 0.317 e. The minimum Gasteiger partial charge on any atom is -0.480 e. The Labute approximate surface area is 143 Å². The van der Waals surface area contributed by atoms with E-state index in [1.165, 1.54) is 0 Å². The van der Waals surface area contributed by atoms with E-state index in [2.05, 4.69) is 15.1 Å². The largest absolute Gasteiger partial charge is 0.480 e. The lowest BCUT2D eigenvalue weighted by molar-refractivity contribution is -0.136. The summed E-state index contributed by atoms with van der Waals surface area (Å²) >= 11 is 0. The zero-order chi connectivity index (χ0) is 18.1. The quantitative estimate of drug-likeness (QED) is 0.291. The Morgan fingerprint density at radius 1 is 0.917 bits per heavy atom. The number of aliphatic hydroxyl groups excluding tert-OH is 3. The summed E-state index contributed by atoms with van der Waals surface area (Å²) in [5, 5.41) is 40.4. The highest BCUT2D eigenvalue weighted by molar-refractivity contribution is 5.69. The van der Waals surface area contributed by atoms with Crippen molar-refractivity contribution in [1.29, 1.82) is 0 Å². The number of nitrogens with one attached hydrogen (secondary N) is 1. The molecule has 0 amide bonds. The Kier molecular flexibility index (Phi) is 9.67. The standard InChI is InChI=1S/C15H32N4O5/c1-12(20)8-17-3-5-18(9-13(2)21)11-19(6-4-17)10-14(22)16-7-15(23)24/h12-14,16,20-22H,3-11H2,1-2H3,(H,23,24)/t12-,13-,14?/m0/s1. The zero-order valence-corrected chi connectivity index (χ0v) is 14.6. The molecule has 0 aliphatic carbocycles. The summed E-state index contributed by atoms with van der Waals surface area (Å²) in [6, 6.07) is 0. The Hall–Kier alpha value is -0.810. The van der Waals surface area contributed by atoms with Gasteiger partial charge in [0.25, 0.3) is 0 Å². The molecule has 1 unspecified atom stereocenters. The number of aliphatic carboxylic acids is 1. The van der Waals surface area contributed by atoms with Gasteiger partial charge in [-0.3, -0.25) is 24.8 Å². The number of carboxylic acids is 1. The first kappa shape index (κ1) is 21.2. The van der Waals surface area contributed by atoms with Gasteiger partial charge in [0.05, 0.1) is 25.4 Å². The predicted octanol–water partition coefficient (Wildman–Crippen LogP) is -2.38. The van der Waals surface area contributed by atoms with Gasteiger partial charge in [-0.2, -0.15) is 0 Å². The van der Waals surface area contributed by atoms with Gasteiger partial charge in [0, 0.05) is 45.8 Å². The maximum atomic E-state index is 10.6. The van der Waals surface area contributed by atoms with Crippen LogP contribution in [-0.2, 0) is 4.79 Å². The molecular formula is C15H32N4O5. The van der Waals surface area contributed by atoms with Crippen molar-refractivity contribution in [1.82, 2.24) is 20.0 Å². The van der Waals surface area contributed by atoms with Crippen LogP contribution in [-0.4, -0.2) is 119 Å². The van der Waals surface area contributed by atoms with E-state index in [1.54, 1.807) is 13.8 Å². The minimum absolute atomic E-state index is 0.291. The van der Waals surface area contributed by atoms with Crippen molar-refractivity contribution < 1.29 is 25.2 Å². The number of hydrogen-bond donors (Lipinski definition) is 5. The highest BCUT2D eigenvalue weighted by Crippen LogP contribution is 2.05. The average Bonchev–Trinajstić information content (AvgIpc) is 2.44. The van der Waals surface area contributed by atoms with Crippen molar-refractivity contribution in [2.24, 2.45) is 0 Å². The second-order valence-electron chi connectivity index (χ2n) is 6.58. The zero-order valence-electron chi connectivity index (χ0n) is 14.6. The summed E-state index contributed by atoms with van der Waals surface area (Å²) in [5.74, 6) is -1.01. The van der Waals surface area contributed by atoms with Crippen molar-refractivity contribution in [2.45, 2.75) is 32.3 Å². The van der Waals surface area contributed by atoms with Crippen molar-refractivity contribution in [3.8, 4) is 0 Å². The van der Waals surface area contributed by atoms with Crippen molar-refractivity contribution in [3.63, 3.8) is 0 Å². The van der Waals surface area contributed by atoms with Crippen LogP contribution in [0.25, 0.3) is 0 Å². The van der Waals surface area contributed by atoms with Gasteiger partial charge in [-0.05, 0) is 13.8 Å². The van der Waals surface area contributed by atoms with E-state index in [0.29, 0.717) is 32.8 Å². The van der Waals surface area contributed by atoms with Gasteiger partial charge in [-0.25, -0.2) is 0 Å². The van der Waals surface area contributed by atoms with E-state index < -0.39 is 24.4 Å². The van der Waals surface area contributed by atoms with E-state index in [0.717, 1.165) is 19.6 Å². The summed E-state index contributed by atoms with van der Waals surface area (Å²) in [4.78, 5) is 16.8. The normalized spacial score (nSPS) is 22.5. The molecule has 1 aliphatic rings. The first-order valence-electron chi connectivity index (χ1n) is 8.42. The molecule has 9 heteroatoms. The minimum atomic E-state index is -1.01. The van der Waals surface area contributed by atoms with Gasteiger partial charge < -0.3 is 20.4 Å². The fraction of sp³-hybridized carbons (Fsp3) is 0.933. The summed E-state index contributed by atoms with van der Waals surface area (Å²) in [6.07, 6.45) is -1.79. The van der Waals surface area contributed by atoms with E-state index in [1.807, 2.05) is 4.90 Å². The fourth-order valence-electron chi connectivity index (χ4n) is 2.84. The molecule has 0 aromatic rings. The first-order valence-corrected chi connectivity index (χ1v) is 8.42. The number of hydrogen-bond acceptors (Lipinski definition) is 8. The number of aliphatic hydroxyl groups is 3. The summed E-state index contributed by atoms with van der Waals surface area (Å²) in [5.41, 5.74) is 0.